The molecule has 2 rings (SSSR count). The van der Waals surface area contributed by atoms with Crippen molar-refractivity contribution in [1.82, 2.24) is 0 Å². The number of hydrogen-bond donors (Lipinski definition) is 1. The van der Waals surface area contributed by atoms with Crippen LogP contribution in [0.4, 0.5) is 0 Å². The molecule has 19 heavy (non-hydrogen) atoms. The Bertz CT molecular complexity index is 824. The zero-order valence-electron chi connectivity index (χ0n) is 9.28. The van der Waals surface area contributed by atoms with E-state index in [4.69, 9.17) is 5.14 Å². The van der Waals surface area contributed by atoms with E-state index in [1.54, 1.807) is 18.2 Å². The topological polar surface area (TPSA) is 94.3 Å². The summed E-state index contributed by atoms with van der Waals surface area (Å²) in [5.41, 5.74) is 0. The first-order valence-electron chi connectivity index (χ1n) is 4.85. The number of halogens is 1. The molecule has 0 aliphatic carbocycles. The molecule has 0 aliphatic rings. The van der Waals surface area contributed by atoms with Crippen molar-refractivity contribution in [2.45, 2.75) is 13.3 Å². The van der Waals surface area contributed by atoms with Gasteiger partial charge in [0.05, 0.1) is 4.90 Å². The highest BCUT2D eigenvalue weighted by molar-refractivity contribution is 9.10. The van der Waals surface area contributed by atoms with Crippen molar-refractivity contribution < 1.29 is 16.8 Å². The maximum absolute atomic E-state index is 12.3. The van der Waals surface area contributed by atoms with Gasteiger partial charge in [-0.25, -0.2) is 22.0 Å². The Morgan fingerprint density at radius 3 is 2.05 bits per heavy atom. The molecule has 0 spiro atoms. The van der Waals surface area contributed by atoms with E-state index >= 15 is 0 Å². The van der Waals surface area contributed by atoms with Crippen molar-refractivity contribution in [2.24, 2.45) is 5.14 Å². The molecule has 0 fully saturated rings. The van der Waals surface area contributed by atoms with E-state index < -0.39 is 19.9 Å². The molecule has 0 saturated heterocycles. The summed E-state index contributed by atoms with van der Waals surface area (Å²) >= 11 is 3.79. The van der Waals surface area contributed by atoms with Gasteiger partial charge in [0.15, 0.2) is 0 Å². The third kappa shape index (κ3) is 2.90. The smallest absolute Gasteiger partial charge is 0.224 e. The predicted octanol–water partition coefficient (Wildman–Crippen LogP) is 1.99. The van der Waals surface area contributed by atoms with Crippen LogP contribution in [0.15, 0.2) is 54.2 Å². The molecule has 0 amide bonds. The molecule has 0 radical (unpaired) electrons. The summed E-state index contributed by atoms with van der Waals surface area (Å²) in [4.78, 5) is 0.0813. The molecular weight excluding hydrogens is 374 g/mol. The van der Waals surface area contributed by atoms with Gasteiger partial charge in [0.25, 0.3) is 0 Å². The van der Waals surface area contributed by atoms with E-state index in [1.165, 1.54) is 18.2 Å². The molecule has 0 saturated carbocycles. The number of thiophene rings is 1. The van der Waals surface area contributed by atoms with Gasteiger partial charge in [0, 0.05) is 4.47 Å². The first-order chi connectivity index (χ1) is 8.73. The monoisotopic (exact) mass is 381 g/mol. The summed E-state index contributed by atoms with van der Waals surface area (Å²) in [5.74, 6) is 0. The minimum atomic E-state index is -3.89. The molecule has 5 nitrogen and oxygen atoms in total. The second kappa shape index (κ2) is 4.98. The number of benzene rings is 1. The average molecular weight is 382 g/mol. The van der Waals surface area contributed by atoms with Crippen LogP contribution in [0.25, 0.3) is 0 Å². The molecule has 9 heteroatoms. The van der Waals surface area contributed by atoms with Gasteiger partial charge in [-0.05, 0) is 40.2 Å². The van der Waals surface area contributed by atoms with Crippen LogP contribution in [-0.2, 0) is 19.9 Å². The SMILES string of the molecule is NS(=O)(=O)c1ccc(S(=O)(=O)c2ccccc2Br)s1. The fourth-order valence-electron chi connectivity index (χ4n) is 1.37. The van der Waals surface area contributed by atoms with Gasteiger partial charge >= 0.3 is 0 Å². The van der Waals surface area contributed by atoms with Crippen molar-refractivity contribution in [3.8, 4) is 0 Å². The average Bonchev–Trinajstić information content (AvgIpc) is 2.78. The Morgan fingerprint density at radius 2 is 1.53 bits per heavy atom. The summed E-state index contributed by atoms with van der Waals surface area (Å²) in [5, 5.41) is 4.96. The summed E-state index contributed by atoms with van der Waals surface area (Å²) in [6, 6.07) is 8.73. The van der Waals surface area contributed by atoms with E-state index in [0.29, 0.717) is 15.8 Å². The molecule has 0 aliphatic heterocycles. The third-order valence-electron chi connectivity index (χ3n) is 2.23. The van der Waals surface area contributed by atoms with E-state index in [2.05, 4.69) is 15.9 Å². The van der Waals surface area contributed by atoms with Crippen molar-refractivity contribution in [2.75, 3.05) is 0 Å². The van der Waals surface area contributed by atoms with Crippen LogP contribution in [-0.4, -0.2) is 16.8 Å². The molecule has 102 valence electrons. The van der Waals surface area contributed by atoms with Crippen LogP contribution in [0.5, 0.6) is 0 Å². The second-order valence-electron chi connectivity index (χ2n) is 3.55. The Labute approximate surface area is 123 Å². The van der Waals surface area contributed by atoms with Crippen LogP contribution in [0.2, 0.25) is 0 Å². The van der Waals surface area contributed by atoms with Crippen molar-refractivity contribution in [3.63, 3.8) is 0 Å². The van der Waals surface area contributed by atoms with Crippen LogP contribution in [0.3, 0.4) is 0 Å². The van der Waals surface area contributed by atoms with Crippen molar-refractivity contribution >= 4 is 47.1 Å². The third-order valence-corrected chi connectivity index (χ3v) is 8.01. The lowest BCUT2D eigenvalue weighted by Gasteiger charge is -2.03. The normalized spacial score (nSPS) is 12.5. The highest BCUT2D eigenvalue weighted by atomic mass is 79.9. The summed E-state index contributed by atoms with van der Waals surface area (Å²) in [6.45, 7) is 0. The lowest BCUT2D eigenvalue weighted by Crippen LogP contribution is -2.09. The summed E-state index contributed by atoms with van der Waals surface area (Å²) in [7, 11) is -7.65. The lowest BCUT2D eigenvalue weighted by molar-refractivity contribution is 0.597. The molecule has 0 unspecified atom stereocenters. The fraction of sp³-hybridized carbons (Fsp3) is 0. The Hall–Kier alpha value is -0.740. The van der Waals surface area contributed by atoms with Gasteiger partial charge < -0.3 is 0 Å². The quantitative estimate of drug-likeness (QED) is 0.879. The molecule has 1 aromatic carbocycles. The van der Waals surface area contributed by atoms with E-state index in [0.717, 1.165) is 0 Å². The molecule has 1 heterocycles. The molecular formula is C10H8BrNO4S3. The van der Waals surface area contributed by atoms with Gasteiger partial charge in [-0.1, -0.05) is 12.1 Å². The number of rotatable bonds is 3. The highest BCUT2D eigenvalue weighted by Crippen LogP contribution is 2.32. The van der Waals surface area contributed by atoms with Crippen molar-refractivity contribution in [3.05, 3.63) is 40.9 Å². The predicted molar refractivity (Wildman–Crippen MR) is 75.3 cm³/mol. The number of sulfonamides is 1. The van der Waals surface area contributed by atoms with E-state index in [9.17, 15) is 16.8 Å². The molecule has 0 atom stereocenters. The van der Waals surface area contributed by atoms with E-state index in [1.807, 2.05) is 0 Å². The summed E-state index contributed by atoms with van der Waals surface area (Å²) in [6.07, 6.45) is 0. The van der Waals surface area contributed by atoms with Gasteiger partial charge in [-0.2, -0.15) is 0 Å². The maximum Gasteiger partial charge on any atom is 0.247 e. The number of hydrogen-bond acceptors (Lipinski definition) is 5. The number of sulfone groups is 1. The van der Waals surface area contributed by atoms with Gasteiger partial charge in [0.2, 0.25) is 19.9 Å². The molecule has 2 aromatic rings. The van der Waals surface area contributed by atoms with Crippen LogP contribution >= 0.6 is 27.3 Å². The minimum absolute atomic E-state index is 0.0663. The van der Waals surface area contributed by atoms with Gasteiger partial charge in [-0.15, -0.1) is 11.3 Å². The van der Waals surface area contributed by atoms with Crippen LogP contribution in [0, 0.1) is 0 Å². The Morgan fingerprint density at radius 1 is 0.947 bits per heavy atom. The highest BCUT2D eigenvalue weighted by Gasteiger charge is 2.24. The molecule has 0 bridgehead atoms. The van der Waals surface area contributed by atoms with Gasteiger partial charge in [-0.3, -0.25) is 0 Å². The van der Waals surface area contributed by atoms with Crippen molar-refractivity contribution in [1.29, 1.82) is 0 Å². The van der Waals surface area contributed by atoms with Gasteiger partial charge in [0.1, 0.15) is 8.42 Å². The fourth-order valence-corrected chi connectivity index (χ4v) is 5.94. The number of nitrogens with two attached hydrogens (primary N) is 1. The Kier molecular flexibility index (Phi) is 3.85. The zero-order valence-corrected chi connectivity index (χ0v) is 13.3. The minimum Gasteiger partial charge on any atom is -0.224 e. The number of primary sulfonamides is 1. The first kappa shape index (κ1) is 14.7. The maximum atomic E-state index is 12.3. The summed E-state index contributed by atoms with van der Waals surface area (Å²) < 4.78 is 47.2. The first-order valence-corrected chi connectivity index (χ1v) is 9.49. The molecule has 1 aromatic heterocycles. The Balaban J connectivity index is 2.59. The lowest BCUT2D eigenvalue weighted by atomic mass is 10.4. The molecule has 2 N–H and O–H groups in total. The largest absolute Gasteiger partial charge is 0.247 e. The second-order valence-corrected chi connectivity index (χ2v) is 9.42. The van der Waals surface area contributed by atoms with Crippen LogP contribution in [0.1, 0.15) is 0 Å². The van der Waals surface area contributed by atoms with E-state index in [-0.39, 0.29) is 13.3 Å². The standard InChI is InChI=1S/C10H8BrNO4S3/c11-7-3-1-2-4-8(7)18(13,14)9-5-6-10(17-9)19(12,15)16/h1-6H,(H2,12,15,16). The zero-order chi connectivity index (χ0) is 14.3. The van der Waals surface area contributed by atoms with Crippen LogP contribution < -0.4 is 5.14 Å².